The van der Waals surface area contributed by atoms with E-state index in [1.807, 2.05) is 0 Å². The predicted octanol–water partition coefficient (Wildman–Crippen LogP) is -1.36. The van der Waals surface area contributed by atoms with Crippen molar-refractivity contribution in [3.8, 4) is 0 Å². The van der Waals surface area contributed by atoms with E-state index in [2.05, 4.69) is 6.92 Å². The Morgan fingerprint density at radius 3 is 2.40 bits per heavy atom. The van der Waals surface area contributed by atoms with E-state index >= 15 is 0 Å². The molecule has 2 heteroatoms. The number of rotatable bonds is 2. The third kappa shape index (κ3) is 5.02. The summed E-state index contributed by atoms with van der Waals surface area (Å²) >= 11 is 0.0796. The van der Waals surface area contributed by atoms with Crippen molar-refractivity contribution in [2.75, 3.05) is 4.43 Å². The van der Waals surface area contributed by atoms with Crippen molar-refractivity contribution in [1.82, 2.24) is 0 Å². The number of hydrogen-bond donors (Lipinski definition) is 0. The van der Waals surface area contributed by atoms with E-state index in [-0.39, 0.29) is 20.1 Å². The summed E-state index contributed by atoms with van der Waals surface area (Å²) in [6.07, 6.45) is 1.26. The zero-order chi connectivity index (χ0) is 4.12. The summed E-state index contributed by atoms with van der Waals surface area (Å²) in [5.74, 6) is 0. The standard InChI is InChI=1S/C3H7ClI/c1-2-3-5-4/h2-3H2,1H3/q-1. The first-order valence-corrected chi connectivity index (χ1v) is 5.87. The molecule has 0 saturated carbocycles. The summed E-state index contributed by atoms with van der Waals surface area (Å²) in [5, 5.41) is 0. The van der Waals surface area contributed by atoms with Gasteiger partial charge in [-0.2, -0.15) is 0 Å². The molecule has 0 bridgehead atoms. The van der Waals surface area contributed by atoms with Gasteiger partial charge in [0.2, 0.25) is 0 Å². The molecule has 0 atom stereocenters. The topological polar surface area (TPSA) is 0 Å². The van der Waals surface area contributed by atoms with E-state index in [1.54, 1.807) is 0 Å². The molecule has 0 amide bonds. The molecule has 0 N–H and O–H groups in total. The Hall–Kier alpha value is 1.02. The molecule has 0 heterocycles. The van der Waals surface area contributed by atoms with Gasteiger partial charge in [-0.25, -0.2) is 0 Å². The Kier molecular flexibility index (Phi) is 6.04. The zero-order valence-corrected chi connectivity index (χ0v) is 6.08. The van der Waals surface area contributed by atoms with E-state index in [1.165, 1.54) is 10.8 Å². The van der Waals surface area contributed by atoms with Crippen LogP contribution in [0, 0.1) is 0 Å². The molecule has 0 nitrogen and oxygen atoms in total. The molecule has 0 spiro atoms. The Labute approximate surface area is 46.9 Å². The van der Waals surface area contributed by atoms with E-state index in [4.69, 9.17) is 8.91 Å². The van der Waals surface area contributed by atoms with Gasteiger partial charge >= 0.3 is 46.8 Å². The summed E-state index contributed by atoms with van der Waals surface area (Å²) < 4.78 is 1.26. The van der Waals surface area contributed by atoms with Gasteiger partial charge in [0.1, 0.15) is 0 Å². The SMILES string of the molecule is CCC[I-]Cl. The van der Waals surface area contributed by atoms with Crippen molar-refractivity contribution in [1.29, 1.82) is 0 Å². The van der Waals surface area contributed by atoms with Gasteiger partial charge in [0.25, 0.3) is 0 Å². The first-order valence-electron chi connectivity index (χ1n) is 1.62. The maximum absolute atomic E-state index is 5.41. The van der Waals surface area contributed by atoms with Crippen LogP contribution in [-0.4, -0.2) is 4.43 Å². The molecule has 0 radical (unpaired) electrons. The molecule has 0 aromatic heterocycles. The fraction of sp³-hybridized carbons (Fsp3) is 1.00. The van der Waals surface area contributed by atoms with Crippen molar-refractivity contribution in [3.63, 3.8) is 0 Å². The van der Waals surface area contributed by atoms with Crippen molar-refractivity contribution in [3.05, 3.63) is 0 Å². The second-order valence-corrected chi connectivity index (χ2v) is 3.80. The van der Waals surface area contributed by atoms with Gasteiger partial charge in [-0.05, 0) is 0 Å². The van der Waals surface area contributed by atoms with Crippen LogP contribution in [0.1, 0.15) is 13.3 Å². The minimum absolute atomic E-state index is 0.0796. The molecule has 0 aromatic rings. The number of alkyl halides is 1. The van der Waals surface area contributed by atoms with Gasteiger partial charge < -0.3 is 0 Å². The molecule has 0 aliphatic heterocycles. The van der Waals surface area contributed by atoms with E-state index in [0.29, 0.717) is 0 Å². The molecule has 34 valence electrons. The van der Waals surface area contributed by atoms with Gasteiger partial charge in [-0.3, -0.25) is 0 Å². The van der Waals surface area contributed by atoms with Crippen LogP contribution in [0.2, 0.25) is 0 Å². The molecular formula is C3H7ClI-. The molecule has 0 aromatic carbocycles. The summed E-state index contributed by atoms with van der Waals surface area (Å²) in [6.45, 7) is 2.15. The minimum atomic E-state index is 0.0796. The second kappa shape index (κ2) is 5.02. The molecule has 0 aliphatic carbocycles. The average molecular weight is 205 g/mol. The quantitative estimate of drug-likeness (QED) is 0.386. The second-order valence-electron chi connectivity index (χ2n) is 0.790. The van der Waals surface area contributed by atoms with E-state index in [0.717, 1.165) is 0 Å². The number of hydrogen-bond acceptors (Lipinski definition) is 0. The van der Waals surface area contributed by atoms with Crippen molar-refractivity contribution >= 4 is 8.91 Å². The van der Waals surface area contributed by atoms with Crippen molar-refractivity contribution in [2.24, 2.45) is 0 Å². The predicted molar refractivity (Wildman–Crippen MR) is 21.0 cm³/mol. The van der Waals surface area contributed by atoms with Gasteiger partial charge in [-0.15, -0.1) is 0 Å². The van der Waals surface area contributed by atoms with Crippen LogP contribution < -0.4 is 20.1 Å². The van der Waals surface area contributed by atoms with Crippen LogP contribution in [0.4, 0.5) is 0 Å². The van der Waals surface area contributed by atoms with Crippen LogP contribution in [0.15, 0.2) is 0 Å². The molecule has 5 heavy (non-hydrogen) atoms. The third-order valence-electron chi connectivity index (χ3n) is 0.260. The molecule has 0 rings (SSSR count). The summed E-state index contributed by atoms with van der Waals surface area (Å²) in [4.78, 5) is 0. The normalized spacial score (nSPS) is 9.20. The summed E-state index contributed by atoms with van der Waals surface area (Å²) in [6, 6.07) is 0. The fourth-order valence-electron chi connectivity index (χ4n) is 0.0714. The first kappa shape index (κ1) is 6.02. The Balaban J connectivity index is 2.19. The number of halogens is 2. The molecule has 0 saturated heterocycles. The third-order valence-corrected chi connectivity index (χ3v) is 2.71. The first-order chi connectivity index (χ1) is 2.41. The van der Waals surface area contributed by atoms with Crippen LogP contribution in [0.5, 0.6) is 0 Å². The average Bonchev–Trinajstić information content (AvgIpc) is 1.41. The van der Waals surface area contributed by atoms with Crippen LogP contribution in [-0.2, 0) is 0 Å². The monoisotopic (exact) mass is 205 g/mol. The Morgan fingerprint density at radius 1 is 1.80 bits per heavy atom. The summed E-state index contributed by atoms with van der Waals surface area (Å²) in [5.41, 5.74) is 0. The van der Waals surface area contributed by atoms with Crippen LogP contribution >= 0.6 is 8.91 Å². The van der Waals surface area contributed by atoms with Crippen LogP contribution in [0.25, 0.3) is 0 Å². The Morgan fingerprint density at radius 2 is 2.40 bits per heavy atom. The Bertz CT molecular complexity index is 14.4. The van der Waals surface area contributed by atoms with Gasteiger partial charge in [-0.1, -0.05) is 0 Å². The van der Waals surface area contributed by atoms with E-state index in [9.17, 15) is 0 Å². The molecule has 0 fully saturated rings. The summed E-state index contributed by atoms with van der Waals surface area (Å²) in [7, 11) is 5.41. The zero-order valence-electron chi connectivity index (χ0n) is 3.17. The van der Waals surface area contributed by atoms with Gasteiger partial charge in [0.15, 0.2) is 0 Å². The molecule has 0 aliphatic rings. The maximum atomic E-state index is 5.41. The van der Waals surface area contributed by atoms with Crippen molar-refractivity contribution in [2.45, 2.75) is 13.3 Å². The van der Waals surface area contributed by atoms with Gasteiger partial charge in [0, 0.05) is 0 Å². The molecule has 0 unspecified atom stereocenters. The molecular weight excluding hydrogens is 198 g/mol. The fourth-order valence-corrected chi connectivity index (χ4v) is 1.44. The van der Waals surface area contributed by atoms with E-state index < -0.39 is 0 Å². The van der Waals surface area contributed by atoms with Gasteiger partial charge in [0.05, 0.1) is 0 Å². The van der Waals surface area contributed by atoms with Crippen LogP contribution in [0.3, 0.4) is 0 Å². The van der Waals surface area contributed by atoms with Crippen molar-refractivity contribution < 1.29 is 20.1 Å².